The summed E-state index contributed by atoms with van der Waals surface area (Å²) in [4.78, 5) is 15.8. The number of halogens is 3. The summed E-state index contributed by atoms with van der Waals surface area (Å²) in [6, 6.07) is 0.752. The van der Waals surface area contributed by atoms with E-state index in [-0.39, 0.29) is 18.0 Å². The summed E-state index contributed by atoms with van der Waals surface area (Å²) in [5.41, 5.74) is 0.252. The minimum absolute atomic E-state index is 0.0313. The van der Waals surface area contributed by atoms with Gasteiger partial charge in [0.25, 0.3) is 0 Å². The predicted molar refractivity (Wildman–Crippen MR) is 65.0 cm³/mol. The predicted octanol–water partition coefficient (Wildman–Crippen LogP) is 1.51. The first kappa shape index (κ1) is 14.1. The van der Waals surface area contributed by atoms with Crippen LogP contribution in [0.4, 0.5) is 13.2 Å². The Hall–Kier alpha value is -1.36. The lowest BCUT2D eigenvalue weighted by Crippen LogP contribution is -2.40. The van der Waals surface area contributed by atoms with E-state index >= 15 is 0 Å². The second kappa shape index (κ2) is 4.96. The molecule has 0 radical (unpaired) electrons. The Labute approximate surface area is 109 Å². The average molecular weight is 292 g/mol. The molecule has 2 rings (SSSR count). The highest BCUT2D eigenvalue weighted by Crippen LogP contribution is 2.37. The van der Waals surface area contributed by atoms with Crippen molar-refractivity contribution in [3.05, 3.63) is 17.8 Å². The van der Waals surface area contributed by atoms with Crippen LogP contribution in [0.2, 0.25) is 0 Å². The number of likely N-dealkylation sites (tertiary alicyclic amines) is 1. The number of hydrogen-bond donors (Lipinski definition) is 1. The molecule has 0 aromatic carbocycles. The summed E-state index contributed by atoms with van der Waals surface area (Å²) in [5, 5.41) is 10.3. The number of hydrogen-bond acceptors (Lipinski definition) is 3. The number of aromatic hydroxyl groups is 1. The van der Waals surface area contributed by atoms with Crippen LogP contribution in [-0.4, -0.2) is 33.6 Å². The van der Waals surface area contributed by atoms with E-state index in [1.165, 1.54) is 12.3 Å². The molecule has 104 valence electrons. The van der Waals surface area contributed by atoms with Gasteiger partial charge in [0.1, 0.15) is 0 Å². The van der Waals surface area contributed by atoms with E-state index in [9.17, 15) is 23.1 Å². The Kier molecular flexibility index (Phi) is 3.67. The molecule has 19 heavy (non-hydrogen) atoms. The van der Waals surface area contributed by atoms with Gasteiger partial charge in [-0.25, -0.2) is 4.98 Å². The van der Waals surface area contributed by atoms with Gasteiger partial charge in [-0.05, 0) is 24.2 Å². The number of carbonyl (C=O) groups excluding carboxylic acids is 1. The van der Waals surface area contributed by atoms with E-state index in [1.54, 1.807) is 0 Å². The third kappa shape index (κ3) is 2.81. The monoisotopic (exact) mass is 292 g/mol. The van der Waals surface area contributed by atoms with Crippen LogP contribution < -0.4 is 5.30 Å². The normalized spacial score (nSPS) is 19.8. The van der Waals surface area contributed by atoms with Crippen molar-refractivity contribution in [1.82, 2.24) is 9.88 Å². The van der Waals surface area contributed by atoms with Crippen LogP contribution in [0.1, 0.15) is 24.4 Å². The lowest BCUT2D eigenvalue weighted by atomic mass is 10.1. The molecule has 0 spiro atoms. The molecule has 1 aliphatic heterocycles. The van der Waals surface area contributed by atoms with E-state index in [0.29, 0.717) is 18.1 Å². The van der Waals surface area contributed by atoms with E-state index < -0.39 is 18.1 Å². The highest BCUT2D eigenvalue weighted by atomic mass is 31.0. The molecule has 4 nitrogen and oxygen atoms in total. The van der Waals surface area contributed by atoms with E-state index in [2.05, 4.69) is 14.2 Å². The molecule has 1 aromatic rings. The van der Waals surface area contributed by atoms with Crippen molar-refractivity contribution in [2.24, 2.45) is 0 Å². The standard InChI is InChI=1S/C11H12F3N2O2P/c12-11(13,14)10(18)16-3-1-2-8(16)7-4-6(19)5-15-9(7)17/h4-5,8H,1-3,19H2,(H,15,17). The first-order valence-corrected chi connectivity index (χ1v) is 6.20. The van der Waals surface area contributed by atoms with E-state index in [0.717, 1.165) is 4.90 Å². The van der Waals surface area contributed by atoms with Crippen LogP contribution in [0, 0.1) is 0 Å². The molecule has 1 aromatic heterocycles. The fourth-order valence-electron chi connectivity index (χ4n) is 2.23. The van der Waals surface area contributed by atoms with E-state index in [1.807, 2.05) is 0 Å². The van der Waals surface area contributed by atoms with Gasteiger partial charge >= 0.3 is 12.1 Å². The maximum Gasteiger partial charge on any atom is 0.471 e. The second-order valence-corrected chi connectivity index (χ2v) is 5.00. The molecular formula is C11H12F3N2O2P. The number of pyridine rings is 1. The topological polar surface area (TPSA) is 53.4 Å². The highest BCUT2D eigenvalue weighted by Gasteiger charge is 2.46. The summed E-state index contributed by atoms with van der Waals surface area (Å²) in [5.74, 6) is -2.21. The summed E-state index contributed by atoms with van der Waals surface area (Å²) < 4.78 is 37.5. The number of amides is 1. The van der Waals surface area contributed by atoms with Crippen LogP contribution in [-0.2, 0) is 4.79 Å². The van der Waals surface area contributed by atoms with Gasteiger partial charge in [-0.2, -0.15) is 13.2 Å². The maximum absolute atomic E-state index is 12.5. The molecule has 0 aliphatic carbocycles. The largest absolute Gasteiger partial charge is 0.493 e. The number of alkyl halides is 3. The van der Waals surface area contributed by atoms with Crippen molar-refractivity contribution in [2.75, 3.05) is 6.54 Å². The summed E-state index contributed by atoms with van der Waals surface area (Å²) >= 11 is 0. The molecule has 1 amide bonds. The van der Waals surface area contributed by atoms with E-state index in [4.69, 9.17) is 0 Å². The molecule has 2 atom stereocenters. The molecule has 0 bridgehead atoms. The third-order valence-corrected chi connectivity index (χ3v) is 3.35. The first-order chi connectivity index (χ1) is 8.80. The molecule has 2 heterocycles. The Morgan fingerprint density at radius 1 is 1.53 bits per heavy atom. The molecule has 1 fully saturated rings. The molecule has 8 heteroatoms. The quantitative estimate of drug-likeness (QED) is 0.798. The number of carbonyl (C=O) groups is 1. The SMILES string of the molecule is O=C(N1CCCC1c1cc(P)cnc1O)C(F)(F)F. The fourth-order valence-corrected chi connectivity index (χ4v) is 2.49. The van der Waals surface area contributed by atoms with Crippen molar-refractivity contribution < 1.29 is 23.1 Å². The van der Waals surface area contributed by atoms with Crippen molar-refractivity contribution in [3.8, 4) is 5.88 Å². The first-order valence-electron chi connectivity index (χ1n) is 5.63. The zero-order valence-corrected chi connectivity index (χ0v) is 11.0. The molecule has 1 aliphatic rings. The maximum atomic E-state index is 12.5. The summed E-state index contributed by atoms with van der Waals surface area (Å²) in [7, 11) is 2.35. The minimum Gasteiger partial charge on any atom is -0.493 e. The minimum atomic E-state index is -4.90. The van der Waals surface area contributed by atoms with Crippen LogP contribution >= 0.6 is 9.24 Å². The summed E-state index contributed by atoms with van der Waals surface area (Å²) in [6.07, 6.45) is -2.67. The number of rotatable bonds is 1. The van der Waals surface area contributed by atoms with Gasteiger partial charge in [0, 0.05) is 18.3 Å². The number of aromatic nitrogens is 1. The average Bonchev–Trinajstić information content (AvgIpc) is 2.78. The number of nitrogens with zero attached hydrogens (tertiary/aromatic N) is 2. The highest BCUT2D eigenvalue weighted by molar-refractivity contribution is 7.27. The lowest BCUT2D eigenvalue weighted by Gasteiger charge is -2.26. The van der Waals surface area contributed by atoms with Gasteiger partial charge in [-0.15, -0.1) is 9.24 Å². The summed E-state index contributed by atoms with van der Waals surface area (Å²) in [6.45, 7) is 0.0313. The molecule has 1 saturated heterocycles. The lowest BCUT2D eigenvalue weighted by molar-refractivity contribution is -0.186. The fraction of sp³-hybridized carbons (Fsp3) is 0.455. The van der Waals surface area contributed by atoms with Gasteiger partial charge in [0.15, 0.2) is 0 Å². The van der Waals surface area contributed by atoms with Crippen LogP contribution in [0.3, 0.4) is 0 Å². The van der Waals surface area contributed by atoms with Gasteiger partial charge in [0.05, 0.1) is 6.04 Å². The zero-order valence-electron chi connectivity index (χ0n) is 9.81. The van der Waals surface area contributed by atoms with Crippen LogP contribution in [0.25, 0.3) is 0 Å². The van der Waals surface area contributed by atoms with Gasteiger partial charge in [-0.3, -0.25) is 4.79 Å². The van der Waals surface area contributed by atoms with Gasteiger partial charge < -0.3 is 10.0 Å². The van der Waals surface area contributed by atoms with Gasteiger partial charge in [-0.1, -0.05) is 0 Å². The van der Waals surface area contributed by atoms with Crippen molar-refractivity contribution in [2.45, 2.75) is 25.1 Å². The molecule has 1 N–H and O–H groups in total. The van der Waals surface area contributed by atoms with Gasteiger partial charge in [0.2, 0.25) is 5.88 Å². The Morgan fingerprint density at radius 2 is 2.21 bits per heavy atom. The van der Waals surface area contributed by atoms with Crippen LogP contribution in [0.15, 0.2) is 12.3 Å². The van der Waals surface area contributed by atoms with Crippen molar-refractivity contribution in [3.63, 3.8) is 0 Å². The Morgan fingerprint density at radius 3 is 2.84 bits per heavy atom. The smallest absolute Gasteiger partial charge is 0.471 e. The van der Waals surface area contributed by atoms with Crippen molar-refractivity contribution in [1.29, 1.82) is 0 Å². The third-order valence-electron chi connectivity index (χ3n) is 3.03. The molecule has 0 saturated carbocycles. The van der Waals surface area contributed by atoms with Crippen LogP contribution in [0.5, 0.6) is 5.88 Å². The zero-order chi connectivity index (χ0) is 14.2. The molecular weight excluding hydrogens is 280 g/mol. The second-order valence-electron chi connectivity index (χ2n) is 4.34. The molecule has 2 unspecified atom stereocenters. The van der Waals surface area contributed by atoms with Crippen molar-refractivity contribution >= 4 is 20.5 Å². The Balaban J connectivity index is 2.33. The Bertz CT molecular complexity index is 507.